The third-order valence-corrected chi connectivity index (χ3v) is 16.7. The zero-order chi connectivity index (χ0) is 49.5. The number of aliphatic hydroxyl groups excluding tert-OH is 1. The fourth-order valence-corrected chi connectivity index (χ4v) is 12.6. The summed E-state index contributed by atoms with van der Waals surface area (Å²) in [7, 11) is 4.70. The Labute approximate surface area is 409 Å². The maximum Gasteiger partial charge on any atom is 0.333 e. The molecule has 5 heterocycles. The molecule has 0 aromatic heterocycles. The van der Waals surface area contributed by atoms with Gasteiger partial charge < -0.3 is 76.5 Å². The van der Waals surface area contributed by atoms with Crippen LogP contribution in [0.1, 0.15) is 112 Å². The van der Waals surface area contributed by atoms with Crippen molar-refractivity contribution in [2.24, 2.45) is 28.6 Å². The van der Waals surface area contributed by atoms with Crippen molar-refractivity contribution < 1.29 is 86.1 Å². The van der Waals surface area contributed by atoms with Crippen LogP contribution in [0.25, 0.3) is 0 Å². The zero-order valence-electron chi connectivity index (χ0n) is 41.5. The van der Waals surface area contributed by atoms with Crippen molar-refractivity contribution in [1.29, 1.82) is 0 Å². The van der Waals surface area contributed by atoms with Crippen LogP contribution < -0.4 is 0 Å². The van der Waals surface area contributed by atoms with Gasteiger partial charge in [0, 0.05) is 44.7 Å². The van der Waals surface area contributed by atoms with Crippen LogP contribution in [0.2, 0.25) is 0 Å². The molecule has 0 aromatic rings. The van der Waals surface area contributed by atoms with Crippen LogP contribution in [0, 0.1) is 28.6 Å². The highest BCUT2D eigenvalue weighted by atomic mass is 16.7. The summed E-state index contributed by atoms with van der Waals surface area (Å²) in [5.41, 5.74) is -0.478. The first-order chi connectivity index (χ1) is 33.6. The molecule has 70 heavy (non-hydrogen) atoms. The molecule has 18 nitrogen and oxygen atoms in total. The van der Waals surface area contributed by atoms with Crippen LogP contribution in [0.4, 0.5) is 0 Å². The van der Waals surface area contributed by atoms with Gasteiger partial charge >= 0.3 is 5.97 Å². The lowest BCUT2D eigenvalue weighted by Crippen LogP contribution is -2.66. The van der Waals surface area contributed by atoms with Gasteiger partial charge in [-0.15, -0.1) is 0 Å². The molecular formula is C52H70O18. The number of esters is 1. The summed E-state index contributed by atoms with van der Waals surface area (Å²) in [6.07, 6.45) is 12.1. The monoisotopic (exact) mass is 982 g/mol. The summed E-state index contributed by atoms with van der Waals surface area (Å²) in [6, 6.07) is 0. The van der Waals surface area contributed by atoms with Crippen LogP contribution in [-0.2, 0) is 75.9 Å². The highest BCUT2D eigenvalue weighted by Crippen LogP contribution is 2.68. The Morgan fingerprint density at radius 3 is 1.91 bits per heavy atom. The van der Waals surface area contributed by atoms with Crippen LogP contribution in [0.5, 0.6) is 0 Å². The van der Waals surface area contributed by atoms with Crippen molar-refractivity contribution >= 4 is 11.8 Å². The molecule has 0 saturated heterocycles. The third kappa shape index (κ3) is 9.50. The molecule has 9 rings (SSSR count). The molecule has 0 radical (unpaired) electrons. The normalized spacial score (nSPS) is 41.0. The van der Waals surface area contributed by atoms with Crippen molar-refractivity contribution in [3.05, 3.63) is 83.4 Å². The van der Waals surface area contributed by atoms with Gasteiger partial charge in [-0.1, -0.05) is 31.6 Å². The minimum absolute atomic E-state index is 0.00508. The van der Waals surface area contributed by atoms with Gasteiger partial charge in [0.2, 0.25) is 31.5 Å². The van der Waals surface area contributed by atoms with E-state index < -0.39 is 72.9 Å². The van der Waals surface area contributed by atoms with Gasteiger partial charge in [-0.3, -0.25) is 4.79 Å². The quantitative estimate of drug-likeness (QED) is 0.0862. The summed E-state index contributed by atoms with van der Waals surface area (Å²) >= 11 is 0. The summed E-state index contributed by atoms with van der Waals surface area (Å²) in [5, 5.41) is 22.6. The van der Waals surface area contributed by atoms with Crippen LogP contribution in [0.15, 0.2) is 83.4 Å². The molecular weight excluding hydrogens is 913 g/mol. The number of hydrogen-bond acceptors (Lipinski definition) is 18. The van der Waals surface area contributed by atoms with Gasteiger partial charge in [0.15, 0.2) is 17.3 Å². The molecule has 0 bridgehead atoms. The fraction of sp³-hybridized carbons (Fsp3) is 0.692. The molecule has 2 N–H and O–H groups in total. The van der Waals surface area contributed by atoms with Gasteiger partial charge in [-0.25, -0.2) is 4.79 Å². The van der Waals surface area contributed by atoms with Crippen LogP contribution in [-0.4, -0.2) is 111 Å². The number of carbonyl (C=O) groups is 2. The second kappa shape index (κ2) is 20.3. The Kier molecular flexibility index (Phi) is 14.5. The average molecular weight is 983 g/mol. The van der Waals surface area contributed by atoms with Crippen molar-refractivity contribution in [3.8, 4) is 0 Å². The van der Waals surface area contributed by atoms with E-state index in [2.05, 4.69) is 13.0 Å². The molecule has 0 spiro atoms. The average Bonchev–Trinajstić information content (AvgIpc) is 4.07. The standard InChI is InChI=1S/C52H70O18/c1-9-28(2)49(55)70-43-19-36-35(52(56)15-13-34(29(3)53)51(43,52)5)11-10-30-16-31(12-14-50(30,36)4)65-47-21-39(58-7)42(26-63-47)69-48-22-40(59-8)41(27-64-48)68-45-18-33(24-61-45)66-44-17-32(23-60-44)67-46-20-38(57-6)37(54)25-62-46/h9-10,23-27,31,34-36,38-40,43-48,54,56H,11-22H2,1-8H3/b28-9+/t31?,34?,35?,36?,38?,39?,40?,43?,44?,45?,46-,47-,48-,50?,51?,52?/m0/s1. The van der Waals surface area contributed by atoms with Crippen molar-refractivity contribution in [2.45, 2.75) is 179 Å². The lowest BCUT2D eigenvalue weighted by molar-refractivity contribution is -0.234. The first kappa shape index (κ1) is 50.1. The number of ether oxygens (including phenoxy) is 14. The summed E-state index contributed by atoms with van der Waals surface area (Å²) in [6.45, 7) is 9.43. The number of allylic oxidation sites excluding steroid dienone is 2. The first-order valence-electron chi connectivity index (χ1n) is 24.7. The number of hydrogen-bond donors (Lipinski definition) is 2. The highest BCUT2D eigenvalue weighted by Gasteiger charge is 2.71. The number of methoxy groups -OCH3 is 3. The molecule has 4 aliphatic carbocycles. The Morgan fingerprint density at radius 2 is 1.26 bits per heavy atom. The van der Waals surface area contributed by atoms with E-state index >= 15 is 0 Å². The number of ketones is 1. The highest BCUT2D eigenvalue weighted by molar-refractivity contribution is 5.88. The van der Waals surface area contributed by atoms with Crippen molar-refractivity contribution in [1.82, 2.24) is 0 Å². The Balaban J connectivity index is 0.755. The molecule has 3 saturated carbocycles. The van der Waals surface area contributed by atoms with Crippen molar-refractivity contribution in [2.75, 3.05) is 21.3 Å². The number of rotatable bonds is 16. The van der Waals surface area contributed by atoms with Gasteiger partial charge in [0.05, 0.1) is 37.4 Å². The predicted octanol–water partition coefficient (Wildman–Crippen LogP) is 7.75. The van der Waals surface area contributed by atoms with Gasteiger partial charge in [0.25, 0.3) is 0 Å². The first-order valence-corrected chi connectivity index (χ1v) is 24.7. The zero-order valence-corrected chi connectivity index (χ0v) is 41.5. The molecule has 0 amide bonds. The predicted molar refractivity (Wildman–Crippen MR) is 244 cm³/mol. The number of Topliss-reactive ketones (excluding diaryl/α,β-unsaturated/α-hetero) is 1. The number of fused-ring (bicyclic) bond motifs is 5. The van der Waals surface area contributed by atoms with E-state index in [-0.39, 0.29) is 40.8 Å². The minimum atomic E-state index is -1.15. The van der Waals surface area contributed by atoms with E-state index in [9.17, 15) is 19.8 Å². The molecule has 13 unspecified atom stereocenters. The lowest BCUT2D eigenvalue weighted by atomic mass is 9.45. The number of carbonyl (C=O) groups excluding carboxylic acids is 2. The molecule has 16 atom stereocenters. The number of aliphatic hydroxyl groups is 2. The lowest BCUT2D eigenvalue weighted by Gasteiger charge is -2.63. The summed E-state index contributed by atoms with van der Waals surface area (Å²) in [4.78, 5) is 26.4. The fourth-order valence-electron chi connectivity index (χ4n) is 12.6. The molecule has 5 aliphatic heterocycles. The van der Waals surface area contributed by atoms with E-state index in [0.717, 1.165) is 12.8 Å². The molecule has 3 fully saturated rings. The van der Waals surface area contributed by atoms with Crippen molar-refractivity contribution in [3.63, 3.8) is 0 Å². The van der Waals surface area contributed by atoms with E-state index in [4.69, 9.17) is 66.3 Å². The Hall–Kier alpha value is -4.88. The van der Waals surface area contributed by atoms with E-state index in [1.165, 1.54) is 44.0 Å². The molecule has 18 heteroatoms. The maximum absolute atomic E-state index is 13.3. The molecule has 386 valence electrons. The second-order valence-corrected chi connectivity index (χ2v) is 20.4. The Bertz CT molecular complexity index is 2190. The molecule has 0 aromatic carbocycles. The van der Waals surface area contributed by atoms with E-state index in [1.54, 1.807) is 34.1 Å². The maximum atomic E-state index is 13.3. The minimum Gasteiger partial charge on any atom is -0.507 e. The van der Waals surface area contributed by atoms with E-state index in [0.29, 0.717) is 92.8 Å². The third-order valence-electron chi connectivity index (χ3n) is 16.7. The largest absolute Gasteiger partial charge is 0.507 e. The SMILES string of the molecule is C/C=C(\C)C(=O)OC1CC2C(CC=C3CC(O[C@H]4CC(OC)C(O[C@H]5CC(OC)C(OC6CC(OC7CC(O[C@H]8CC(OC)C(O)=CO8)=CO7)=CO6)=CO5)=CO4)CCC32C)C2(O)CCC(C(C)=O)C12C. The summed E-state index contributed by atoms with van der Waals surface area (Å²) < 4.78 is 83.1. The second-order valence-electron chi connectivity index (χ2n) is 20.4. The Morgan fingerprint density at radius 1 is 0.686 bits per heavy atom. The smallest absolute Gasteiger partial charge is 0.333 e. The summed E-state index contributed by atoms with van der Waals surface area (Å²) in [5.74, 6) is 1.19. The van der Waals surface area contributed by atoms with Gasteiger partial charge in [-0.05, 0) is 83.0 Å². The van der Waals surface area contributed by atoms with E-state index in [1.807, 2.05) is 13.8 Å². The van der Waals surface area contributed by atoms with Gasteiger partial charge in [0.1, 0.15) is 73.0 Å². The van der Waals surface area contributed by atoms with Crippen LogP contribution >= 0.6 is 0 Å². The van der Waals surface area contributed by atoms with Crippen LogP contribution in [0.3, 0.4) is 0 Å². The van der Waals surface area contributed by atoms with Gasteiger partial charge in [-0.2, -0.15) is 0 Å². The topological polar surface area (TPSA) is 204 Å². The molecule has 9 aliphatic rings.